The molecule has 1 N–H and O–H groups in total. The van der Waals surface area contributed by atoms with E-state index in [1.165, 1.54) is 0 Å². The number of aromatic nitrogens is 1. The molecule has 0 aliphatic carbocycles. The van der Waals surface area contributed by atoms with Gasteiger partial charge >= 0.3 is 12.4 Å². The Kier molecular flexibility index (Phi) is 6.35. The maximum atomic E-state index is 13.6. The van der Waals surface area contributed by atoms with Crippen LogP contribution in [0, 0.1) is 11.8 Å². The first kappa shape index (κ1) is 25.7. The van der Waals surface area contributed by atoms with Crippen molar-refractivity contribution < 1.29 is 35.9 Å². The number of rotatable bonds is 5. The molecule has 2 unspecified atom stereocenters. The summed E-state index contributed by atoms with van der Waals surface area (Å²) in [5, 5.41) is 12.5. The van der Waals surface area contributed by atoms with Gasteiger partial charge < -0.3 is 9.59 Å². The molecule has 0 saturated carbocycles. The zero-order valence-electron chi connectivity index (χ0n) is 19.9. The lowest BCUT2D eigenvalue weighted by Gasteiger charge is -2.58. The Morgan fingerprint density at radius 1 is 1.03 bits per heavy atom. The third kappa shape index (κ3) is 4.75. The minimum atomic E-state index is -4.91. The number of nitrogens with zero attached hydrogens (tertiary/aromatic N) is 2. The topological polar surface area (TPSA) is 33.1 Å². The largest absolute Gasteiger partial charge is 0.416 e. The summed E-state index contributed by atoms with van der Waals surface area (Å²) in [6.45, 7) is 4.93. The molecule has 3 nitrogen and oxygen atoms in total. The Labute approximate surface area is 210 Å². The van der Waals surface area contributed by atoms with E-state index in [0.29, 0.717) is 30.6 Å². The summed E-state index contributed by atoms with van der Waals surface area (Å²) in [6, 6.07) is 10.5. The third-order valence-corrected chi connectivity index (χ3v) is 8.19. The standard InChI is InChI=1S/C28H27F6N2O/c1-2-18-16-36(15-17-11-20(27(29,30)31)14-21(12-17)28(32,33)34)10-8-19(18)13-25(36)26(37)23-7-9-35-24-6-4-3-5-22(23)24/h2-7,9,11-12,14,18-19,25-26,37H,1,8,10,13,15-16H2/q+1/t18-,19?,25+,26-,36?/m1/s1. The second-order valence-electron chi connectivity index (χ2n) is 10.3. The van der Waals surface area contributed by atoms with Crippen LogP contribution in [0.3, 0.4) is 0 Å². The number of aliphatic hydroxyl groups excluding tert-OH is 1. The highest BCUT2D eigenvalue weighted by atomic mass is 19.4. The zero-order chi connectivity index (χ0) is 26.6. The van der Waals surface area contributed by atoms with Crippen molar-refractivity contribution in [3.05, 3.63) is 89.6 Å². The average Bonchev–Trinajstić information content (AvgIpc) is 2.86. The first-order valence-electron chi connectivity index (χ1n) is 12.2. The second-order valence-corrected chi connectivity index (χ2v) is 10.3. The number of benzene rings is 2. The molecule has 1 aromatic heterocycles. The molecule has 5 atom stereocenters. The smallest absolute Gasteiger partial charge is 0.382 e. The van der Waals surface area contributed by atoms with E-state index in [2.05, 4.69) is 11.6 Å². The fourth-order valence-corrected chi connectivity index (χ4v) is 6.44. The quantitative estimate of drug-likeness (QED) is 0.225. The molecule has 2 bridgehead atoms. The van der Waals surface area contributed by atoms with Gasteiger partial charge in [0, 0.05) is 35.9 Å². The Morgan fingerprint density at radius 2 is 1.70 bits per heavy atom. The number of halogens is 6. The van der Waals surface area contributed by atoms with Gasteiger partial charge in [0.25, 0.3) is 0 Å². The van der Waals surface area contributed by atoms with E-state index >= 15 is 0 Å². The molecular weight excluding hydrogens is 494 g/mol. The van der Waals surface area contributed by atoms with Crippen molar-refractivity contribution in [2.45, 2.75) is 43.9 Å². The van der Waals surface area contributed by atoms with Crippen LogP contribution in [0.1, 0.15) is 41.2 Å². The SMILES string of the molecule is C=C[C@@H]1C[N+]2(Cc3cc(C(F)(F)F)cc(C(F)(F)F)c3)CCC1C[C@H]2[C@H](O)c1ccnc2ccccc12. The molecule has 37 heavy (non-hydrogen) atoms. The Balaban J connectivity index is 1.59. The van der Waals surface area contributed by atoms with Crippen LogP contribution in [0.5, 0.6) is 0 Å². The molecule has 0 spiro atoms. The van der Waals surface area contributed by atoms with Gasteiger partial charge in [0.2, 0.25) is 0 Å². The van der Waals surface area contributed by atoms with Crippen molar-refractivity contribution in [3.8, 4) is 0 Å². The van der Waals surface area contributed by atoms with Crippen LogP contribution >= 0.6 is 0 Å². The van der Waals surface area contributed by atoms with Gasteiger partial charge in [-0.15, -0.1) is 6.58 Å². The molecule has 3 aromatic rings. The van der Waals surface area contributed by atoms with E-state index in [1.54, 1.807) is 12.3 Å². The van der Waals surface area contributed by atoms with Gasteiger partial charge in [-0.2, -0.15) is 26.3 Å². The third-order valence-electron chi connectivity index (χ3n) is 8.19. The zero-order valence-corrected chi connectivity index (χ0v) is 19.9. The molecule has 4 heterocycles. The first-order chi connectivity index (χ1) is 17.4. The number of hydrogen-bond donors (Lipinski definition) is 1. The minimum absolute atomic E-state index is 0.0397. The first-order valence-corrected chi connectivity index (χ1v) is 12.2. The van der Waals surface area contributed by atoms with E-state index in [0.717, 1.165) is 23.9 Å². The van der Waals surface area contributed by atoms with Crippen LogP contribution in [-0.4, -0.2) is 33.7 Å². The molecular formula is C28H27F6N2O+. The number of para-hydroxylation sites is 1. The van der Waals surface area contributed by atoms with Crippen LogP contribution in [0.15, 0.2) is 67.4 Å². The van der Waals surface area contributed by atoms with Crippen molar-refractivity contribution in [1.29, 1.82) is 0 Å². The fraction of sp³-hybridized carbons (Fsp3) is 0.393. The Hall–Kier alpha value is -2.91. The monoisotopic (exact) mass is 521 g/mol. The van der Waals surface area contributed by atoms with Crippen LogP contribution in [0.25, 0.3) is 10.9 Å². The number of quaternary nitrogens is 1. The molecule has 3 fully saturated rings. The second kappa shape index (κ2) is 9.13. The van der Waals surface area contributed by atoms with Crippen molar-refractivity contribution in [3.63, 3.8) is 0 Å². The summed E-state index contributed by atoms with van der Waals surface area (Å²) in [7, 11) is 0. The normalized spacial score (nSPS) is 26.8. The predicted molar refractivity (Wildman–Crippen MR) is 127 cm³/mol. The molecule has 6 rings (SSSR count). The van der Waals surface area contributed by atoms with Gasteiger partial charge in [-0.1, -0.05) is 24.3 Å². The van der Waals surface area contributed by atoms with E-state index in [1.807, 2.05) is 30.3 Å². The molecule has 2 aromatic carbocycles. The highest BCUT2D eigenvalue weighted by Crippen LogP contribution is 2.48. The average molecular weight is 522 g/mol. The predicted octanol–water partition coefficient (Wildman–Crippen LogP) is 6.92. The van der Waals surface area contributed by atoms with Crippen molar-refractivity contribution in [2.24, 2.45) is 11.8 Å². The maximum absolute atomic E-state index is 13.6. The molecule has 9 heteroatoms. The van der Waals surface area contributed by atoms with E-state index in [4.69, 9.17) is 0 Å². The molecule has 196 valence electrons. The molecule has 3 aliphatic rings. The number of piperidine rings is 3. The lowest BCUT2D eigenvalue weighted by atomic mass is 9.71. The van der Waals surface area contributed by atoms with Crippen molar-refractivity contribution in [2.75, 3.05) is 13.1 Å². The summed E-state index contributed by atoms with van der Waals surface area (Å²) < 4.78 is 81.6. The van der Waals surface area contributed by atoms with Crippen molar-refractivity contribution >= 4 is 10.9 Å². The Bertz CT molecular complexity index is 1280. The fourth-order valence-electron chi connectivity index (χ4n) is 6.44. The summed E-state index contributed by atoms with van der Waals surface area (Å²) in [5.41, 5.74) is -1.31. The maximum Gasteiger partial charge on any atom is 0.416 e. The number of hydrogen-bond acceptors (Lipinski definition) is 2. The van der Waals surface area contributed by atoms with Gasteiger partial charge in [0.1, 0.15) is 18.7 Å². The highest BCUT2D eigenvalue weighted by Gasteiger charge is 2.54. The molecule has 0 radical (unpaired) electrons. The van der Waals surface area contributed by atoms with Gasteiger partial charge in [-0.3, -0.25) is 4.98 Å². The number of aliphatic hydroxyl groups is 1. The van der Waals surface area contributed by atoms with Gasteiger partial charge in [0.05, 0.1) is 29.7 Å². The van der Waals surface area contributed by atoms with Crippen LogP contribution in [0.4, 0.5) is 26.3 Å². The van der Waals surface area contributed by atoms with Crippen LogP contribution in [0.2, 0.25) is 0 Å². The van der Waals surface area contributed by atoms with Crippen LogP contribution < -0.4 is 0 Å². The van der Waals surface area contributed by atoms with E-state index < -0.39 is 35.6 Å². The lowest BCUT2D eigenvalue weighted by Crippen LogP contribution is -2.67. The summed E-state index contributed by atoms with van der Waals surface area (Å²) >= 11 is 0. The Morgan fingerprint density at radius 3 is 2.35 bits per heavy atom. The summed E-state index contributed by atoms with van der Waals surface area (Å²) in [5.74, 6) is 0.316. The number of fused-ring (bicyclic) bond motifs is 4. The molecule has 3 saturated heterocycles. The highest BCUT2D eigenvalue weighted by molar-refractivity contribution is 5.82. The van der Waals surface area contributed by atoms with E-state index in [9.17, 15) is 31.4 Å². The van der Waals surface area contributed by atoms with Gasteiger partial charge in [-0.25, -0.2) is 0 Å². The van der Waals surface area contributed by atoms with Crippen LogP contribution in [-0.2, 0) is 18.9 Å². The number of pyridine rings is 1. The number of alkyl halides is 6. The molecule has 0 amide bonds. The minimum Gasteiger partial charge on any atom is -0.382 e. The lowest BCUT2D eigenvalue weighted by molar-refractivity contribution is -0.984. The summed E-state index contributed by atoms with van der Waals surface area (Å²) in [6.07, 6.45) is -5.99. The van der Waals surface area contributed by atoms with E-state index in [-0.39, 0.29) is 34.5 Å². The van der Waals surface area contributed by atoms with Gasteiger partial charge in [-0.05, 0) is 41.8 Å². The molecule has 3 aliphatic heterocycles. The summed E-state index contributed by atoms with van der Waals surface area (Å²) in [4.78, 5) is 4.35. The van der Waals surface area contributed by atoms with Gasteiger partial charge in [0.15, 0.2) is 0 Å². The van der Waals surface area contributed by atoms with Crippen molar-refractivity contribution in [1.82, 2.24) is 4.98 Å².